The van der Waals surface area contributed by atoms with E-state index < -0.39 is 41.6 Å². The Labute approximate surface area is 227 Å². The van der Waals surface area contributed by atoms with Crippen molar-refractivity contribution in [2.24, 2.45) is 0 Å². The molecule has 222 valence electrons. The molecule has 3 N–H and O–H groups in total. The third kappa shape index (κ3) is 17.0. The fourth-order valence-electron chi connectivity index (χ4n) is 2.88. The van der Waals surface area contributed by atoms with Gasteiger partial charge in [-0.2, -0.15) is 0 Å². The Bertz CT molecular complexity index is 810. The van der Waals surface area contributed by atoms with E-state index in [9.17, 15) is 24.0 Å². The van der Waals surface area contributed by atoms with E-state index in [1.807, 2.05) is 0 Å². The zero-order chi connectivity index (χ0) is 29.1. The summed E-state index contributed by atoms with van der Waals surface area (Å²) >= 11 is 0. The summed E-state index contributed by atoms with van der Waals surface area (Å²) < 4.78 is 31.3. The van der Waals surface area contributed by atoms with Crippen LogP contribution in [-0.2, 0) is 42.8 Å². The minimum Gasteiger partial charge on any atom is -0.481 e. The zero-order valence-electron chi connectivity index (χ0n) is 22.6. The van der Waals surface area contributed by atoms with E-state index in [-0.39, 0.29) is 39.3 Å². The molecule has 1 atom stereocenters. The molecule has 1 heterocycles. The number of nitrogens with one attached hydrogen (secondary N) is 2. The van der Waals surface area contributed by atoms with Gasteiger partial charge in [0.25, 0.3) is 11.8 Å². The van der Waals surface area contributed by atoms with Crippen LogP contribution in [0.1, 0.15) is 27.2 Å². The molecule has 0 bridgehead atoms. The summed E-state index contributed by atoms with van der Waals surface area (Å²) in [7, 11) is 0. The van der Waals surface area contributed by atoms with E-state index in [4.69, 9.17) is 33.5 Å². The zero-order valence-corrected chi connectivity index (χ0v) is 22.6. The average molecular weight is 562 g/mol. The predicted octanol–water partition coefficient (Wildman–Crippen LogP) is 0.0720. The molecule has 15 nitrogen and oxygen atoms in total. The SMILES string of the molecule is CC(C)(C)OC(=O)NC[C@@H](COC(=O)NCCOCCOCCOCCOCCC(=O)O)N1C(=O)C=CC1=O. The maximum Gasteiger partial charge on any atom is 0.407 e. The Morgan fingerprint density at radius 1 is 0.821 bits per heavy atom. The van der Waals surface area contributed by atoms with Crippen molar-refractivity contribution in [2.45, 2.75) is 38.8 Å². The highest BCUT2D eigenvalue weighted by Gasteiger charge is 2.32. The molecule has 1 aliphatic rings. The number of ether oxygens (including phenoxy) is 6. The lowest BCUT2D eigenvalue weighted by molar-refractivity contribution is -0.141. The second kappa shape index (κ2) is 18.9. The molecule has 0 aromatic carbocycles. The number of rotatable bonds is 20. The number of carbonyl (C=O) groups excluding carboxylic acids is 4. The van der Waals surface area contributed by atoms with Crippen LogP contribution in [0.5, 0.6) is 0 Å². The summed E-state index contributed by atoms with van der Waals surface area (Å²) in [6, 6.07) is -0.930. The first-order valence-corrected chi connectivity index (χ1v) is 12.4. The number of imide groups is 1. The number of hydrogen-bond acceptors (Lipinski definition) is 11. The van der Waals surface area contributed by atoms with Crippen molar-refractivity contribution in [2.75, 3.05) is 72.6 Å². The van der Waals surface area contributed by atoms with E-state index in [2.05, 4.69) is 10.6 Å². The van der Waals surface area contributed by atoms with E-state index in [1.165, 1.54) is 0 Å². The lowest BCUT2D eigenvalue weighted by atomic mass is 10.2. The molecule has 0 fully saturated rings. The van der Waals surface area contributed by atoms with Crippen LogP contribution in [0.3, 0.4) is 0 Å². The van der Waals surface area contributed by atoms with Crippen molar-refractivity contribution in [1.29, 1.82) is 0 Å². The highest BCUT2D eigenvalue weighted by atomic mass is 16.6. The molecule has 39 heavy (non-hydrogen) atoms. The summed E-state index contributed by atoms with van der Waals surface area (Å²) in [6.45, 7) is 7.01. The number of alkyl carbamates (subject to hydrolysis) is 2. The molecule has 0 saturated heterocycles. The average Bonchev–Trinajstić information content (AvgIpc) is 3.18. The molecular weight excluding hydrogens is 522 g/mol. The van der Waals surface area contributed by atoms with Crippen molar-refractivity contribution in [3.05, 3.63) is 12.2 Å². The highest BCUT2D eigenvalue weighted by molar-refractivity contribution is 6.13. The van der Waals surface area contributed by atoms with Crippen molar-refractivity contribution in [1.82, 2.24) is 15.5 Å². The largest absolute Gasteiger partial charge is 0.481 e. The predicted molar refractivity (Wildman–Crippen MR) is 134 cm³/mol. The fourth-order valence-corrected chi connectivity index (χ4v) is 2.88. The maximum absolute atomic E-state index is 12.0. The first kappa shape index (κ1) is 33.8. The molecule has 1 rings (SSSR count). The molecule has 0 radical (unpaired) electrons. The van der Waals surface area contributed by atoms with Gasteiger partial charge in [0.1, 0.15) is 12.2 Å². The summed E-state index contributed by atoms with van der Waals surface area (Å²) in [4.78, 5) is 59.3. The number of aliphatic carboxylic acids is 1. The smallest absolute Gasteiger partial charge is 0.407 e. The van der Waals surface area contributed by atoms with E-state index >= 15 is 0 Å². The summed E-state index contributed by atoms with van der Waals surface area (Å²) in [6.07, 6.45) is 0.625. The molecule has 0 aromatic heterocycles. The van der Waals surface area contributed by atoms with Crippen LogP contribution in [0.15, 0.2) is 12.2 Å². The van der Waals surface area contributed by atoms with Gasteiger partial charge in [0.2, 0.25) is 0 Å². The van der Waals surface area contributed by atoms with Crippen LogP contribution < -0.4 is 10.6 Å². The van der Waals surface area contributed by atoms with Crippen molar-refractivity contribution in [3.63, 3.8) is 0 Å². The van der Waals surface area contributed by atoms with Crippen LogP contribution in [0.25, 0.3) is 0 Å². The summed E-state index contributed by atoms with van der Waals surface area (Å²) in [5, 5.41) is 13.4. The molecule has 0 saturated carbocycles. The Morgan fingerprint density at radius 2 is 1.33 bits per heavy atom. The van der Waals surface area contributed by atoms with E-state index in [0.29, 0.717) is 39.6 Å². The van der Waals surface area contributed by atoms with Crippen LogP contribution in [0.2, 0.25) is 0 Å². The number of amides is 4. The van der Waals surface area contributed by atoms with Crippen LogP contribution >= 0.6 is 0 Å². The third-order valence-corrected chi connectivity index (χ3v) is 4.59. The van der Waals surface area contributed by atoms with Gasteiger partial charge in [-0.15, -0.1) is 0 Å². The normalized spacial score (nSPS) is 13.9. The van der Waals surface area contributed by atoms with E-state index in [0.717, 1.165) is 17.1 Å². The molecule has 0 aliphatic carbocycles. The van der Waals surface area contributed by atoms with Crippen LogP contribution in [0, 0.1) is 0 Å². The molecule has 4 amide bonds. The fraction of sp³-hybridized carbons (Fsp3) is 0.708. The van der Waals surface area contributed by atoms with Gasteiger partial charge in [-0.25, -0.2) is 9.59 Å². The van der Waals surface area contributed by atoms with Gasteiger partial charge in [-0.3, -0.25) is 19.3 Å². The first-order valence-electron chi connectivity index (χ1n) is 12.4. The quantitative estimate of drug-likeness (QED) is 0.134. The standard InChI is InChI=1S/C24H39N3O12/c1-24(2,3)39-23(33)26-16-18(27-19(28)4-5-20(27)29)17-38-22(32)25-7-9-35-11-13-37-15-14-36-12-10-34-8-6-21(30)31/h4-5,18H,6-17H2,1-3H3,(H,25,32)(H,26,33)(H,30,31)/t18-/m0/s1. The van der Waals surface area contributed by atoms with Gasteiger partial charge in [0.15, 0.2) is 0 Å². The minimum atomic E-state index is -0.930. The molecule has 0 aromatic rings. The Balaban J connectivity index is 2.14. The van der Waals surface area contributed by atoms with Crippen LogP contribution in [0.4, 0.5) is 9.59 Å². The first-order chi connectivity index (χ1) is 18.5. The minimum absolute atomic E-state index is 0.0453. The topological polar surface area (TPSA) is 188 Å². The molecule has 15 heteroatoms. The van der Waals surface area contributed by atoms with Gasteiger partial charge >= 0.3 is 18.2 Å². The molecular formula is C24H39N3O12. The van der Waals surface area contributed by atoms with Crippen LogP contribution in [-0.4, -0.2) is 124 Å². The third-order valence-electron chi connectivity index (χ3n) is 4.59. The van der Waals surface area contributed by atoms with Gasteiger partial charge in [0.05, 0.1) is 65.3 Å². The maximum atomic E-state index is 12.0. The molecule has 0 unspecified atom stereocenters. The number of nitrogens with zero attached hydrogens (tertiary/aromatic N) is 1. The number of hydrogen-bond donors (Lipinski definition) is 3. The Kier molecular flexibility index (Phi) is 16.4. The van der Waals surface area contributed by atoms with Gasteiger partial charge in [-0.1, -0.05) is 0 Å². The second-order valence-corrected chi connectivity index (χ2v) is 9.03. The Hall–Kier alpha value is -3.27. The molecule has 1 aliphatic heterocycles. The highest BCUT2D eigenvalue weighted by Crippen LogP contribution is 2.11. The van der Waals surface area contributed by atoms with Crippen molar-refractivity contribution < 1.29 is 57.5 Å². The second-order valence-electron chi connectivity index (χ2n) is 9.03. The summed E-state index contributed by atoms with van der Waals surface area (Å²) in [5.41, 5.74) is -0.734. The molecule has 0 spiro atoms. The van der Waals surface area contributed by atoms with Gasteiger partial charge in [0, 0.05) is 25.2 Å². The number of carboxylic acid groups (broad SMARTS) is 1. The van der Waals surface area contributed by atoms with Gasteiger partial charge in [-0.05, 0) is 20.8 Å². The van der Waals surface area contributed by atoms with Crippen molar-refractivity contribution in [3.8, 4) is 0 Å². The van der Waals surface area contributed by atoms with Gasteiger partial charge < -0.3 is 44.2 Å². The lowest BCUT2D eigenvalue weighted by Crippen LogP contribution is -2.50. The van der Waals surface area contributed by atoms with E-state index in [1.54, 1.807) is 20.8 Å². The number of carboxylic acids is 1. The van der Waals surface area contributed by atoms with Crippen molar-refractivity contribution >= 4 is 30.0 Å². The monoisotopic (exact) mass is 561 g/mol. The Morgan fingerprint density at radius 3 is 1.85 bits per heavy atom. The summed E-state index contributed by atoms with van der Waals surface area (Å²) in [5.74, 6) is -2.07. The number of carbonyl (C=O) groups is 5. The lowest BCUT2D eigenvalue weighted by Gasteiger charge is -2.27.